The van der Waals surface area contributed by atoms with Crippen LogP contribution in [0.5, 0.6) is 0 Å². The quantitative estimate of drug-likeness (QED) is 0.704. The zero-order valence-electron chi connectivity index (χ0n) is 9.17. The third-order valence-corrected chi connectivity index (χ3v) is 3.18. The van der Waals surface area contributed by atoms with Gasteiger partial charge in [-0.25, -0.2) is 4.98 Å². The van der Waals surface area contributed by atoms with E-state index >= 15 is 0 Å². The summed E-state index contributed by atoms with van der Waals surface area (Å²) in [4.78, 5) is 16.4. The molecule has 0 fully saturated rings. The molecule has 15 heavy (non-hydrogen) atoms. The molecule has 0 aliphatic heterocycles. The Balaban J connectivity index is 2.07. The Hall–Kier alpha value is -0.940. The first-order chi connectivity index (χ1) is 7.24. The van der Waals surface area contributed by atoms with Gasteiger partial charge in [-0.15, -0.1) is 11.3 Å². The molecule has 0 aromatic carbocycles. The Morgan fingerprint density at radius 3 is 2.93 bits per heavy atom. The third kappa shape index (κ3) is 4.40. The minimum atomic E-state index is 0.0801. The van der Waals surface area contributed by atoms with E-state index in [9.17, 15) is 4.79 Å². The van der Waals surface area contributed by atoms with Crippen molar-refractivity contribution in [3.8, 4) is 0 Å². The van der Waals surface area contributed by atoms with Crippen LogP contribution in [0.3, 0.4) is 0 Å². The fourth-order valence-corrected chi connectivity index (χ4v) is 2.00. The summed E-state index contributed by atoms with van der Waals surface area (Å²) in [5, 5.41) is 5.83. The van der Waals surface area contributed by atoms with E-state index in [1.165, 1.54) is 4.88 Å². The number of nitrogens with zero attached hydrogens (tertiary/aromatic N) is 1. The molecule has 1 aromatic heterocycles. The summed E-state index contributed by atoms with van der Waals surface area (Å²) in [5.41, 5.74) is 2.99. The monoisotopic (exact) mass is 227 g/mol. The van der Waals surface area contributed by atoms with Gasteiger partial charge in [-0.3, -0.25) is 4.79 Å². The predicted molar refractivity (Wildman–Crippen MR) is 62.1 cm³/mol. The molecular formula is C10H17N3OS. The average molecular weight is 227 g/mol. The number of carbonyl (C=O) groups excluding carboxylic acids is 1. The van der Waals surface area contributed by atoms with Gasteiger partial charge < -0.3 is 10.6 Å². The van der Waals surface area contributed by atoms with E-state index in [0.717, 1.165) is 25.2 Å². The molecule has 1 amide bonds. The SMILES string of the molecule is CNC(=O)CCNCCc1scnc1C. The molecule has 84 valence electrons. The number of carbonyl (C=O) groups is 1. The molecule has 1 heterocycles. The Bertz CT molecular complexity index is 311. The van der Waals surface area contributed by atoms with Crippen molar-refractivity contribution in [3.05, 3.63) is 16.1 Å². The van der Waals surface area contributed by atoms with E-state index in [1.54, 1.807) is 18.4 Å². The van der Waals surface area contributed by atoms with Crippen molar-refractivity contribution in [2.24, 2.45) is 0 Å². The largest absolute Gasteiger partial charge is 0.359 e. The molecule has 0 aliphatic rings. The Morgan fingerprint density at radius 1 is 1.53 bits per heavy atom. The summed E-state index contributed by atoms with van der Waals surface area (Å²) in [7, 11) is 1.66. The Kier molecular flexibility index (Phi) is 5.28. The maximum Gasteiger partial charge on any atom is 0.221 e. The minimum Gasteiger partial charge on any atom is -0.359 e. The number of aromatic nitrogens is 1. The highest BCUT2D eigenvalue weighted by atomic mass is 32.1. The summed E-state index contributed by atoms with van der Waals surface area (Å²) >= 11 is 1.69. The van der Waals surface area contributed by atoms with E-state index < -0.39 is 0 Å². The second-order valence-corrected chi connectivity index (χ2v) is 4.22. The zero-order chi connectivity index (χ0) is 11.1. The van der Waals surface area contributed by atoms with Crippen LogP contribution in [0.25, 0.3) is 0 Å². The lowest BCUT2D eigenvalue weighted by Gasteiger charge is -2.03. The first kappa shape index (κ1) is 12.1. The maximum atomic E-state index is 10.9. The van der Waals surface area contributed by atoms with Crippen LogP contribution in [0.15, 0.2) is 5.51 Å². The van der Waals surface area contributed by atoms with Gasteiger partial charge in [-0.05, 0) is 13.3 Å². The highest BCUT2D eigenvalue weighted by Crippen LogP contribution is 2.11. The molecule has 0 saturated heterocycles. The number of amides is 1. The smallest absolute Gasteiger partial charge is 0.221 e. The van der Waals surface area contributed by atoms with E-state index in [1.807, 2.05) is 12.4 Å². The van der Waals surface area contributed by atoms with Crippen LogP contribution < -0.4 is 10.6 Å². The second-order valence-electron chi connectivity index (χ2n) is 3.28. The lowest BCUT2D eigenvalue weighted by Crippen LogP contribution is -2.25. The highest BCUT2D eigenvalue weighted by molar-refractivity contribution is 7.09. The molecule has 2 N–H and O–H groups in total. The van der Waals surface area contributed by atoms with E-state index in [0.29, 0.717) is 6.42 Å². The standard InChI is InChI=1S/C10H17N3OS/c1-8-9(15-7-13-8)3-5-12-6-4-10(14)11-2/h7,12H,3-6H2,1-2H3,(H,11,14). The van der Waals surface area contributed by atoms with Gasteiger partial charge in [0.2, 0.25) is 5.91 Å². The first-order valence-corrected chi connectivity index (χ1v) is 5.92. The molecule has 5 heteroatoms. The number of rotatable bonds is 6. The van der Waals surface area contributed by atoms with Crippen molar-refractivity contribution in [1.82, 2.24) is 15.6 Å². The number of hydrogen-bond acceptors (Lipinski definition) is 4. The summed E-state index contributed by atoms with van der Waals surface area (Å²) in [6, 6.07) is 0. The predicted octanol–water partition coefficient (Wildman–Crippen LogP) is 0.720. The lowest BCUT2D eigenvalue weighted by atomic mass is 10.3. The van der Waals surface area contributed by atoms with Crippen molar-refractivity contribution < 1.29 is 4.79 Å². The molecule has 0 aliphatic carbocycles. The number of thiazole rings is 1. The Morgan fingerprint density at radius 2 is 2.33 bits per heavy atom. The van der Waals surface area contributed by atoms with Crippen molar-refractivity contribution >= 4 is 17.2 Å². The average Bonchev–Trinajstić information content (AvgIpc) is 2.63. The van der Waals surface area contributed by atoms with Crippen LogP contribution in [0.1, 0.15) is 17.0 Å². The fourth-order valence-electron chi connectivity index (χ4n) is 1.22. The van der Waals surface area contributed by atoms with Gasteiger partial charge in [0.15, 0.2) is 0 Å². The molecule has 0 atom stereocenters. The topological polar surface area (TPSA) is 54.0 Å². The molecule has 4 nitrogen and oxygen atoms in total. The molecule has 0 unspecified atom stereocenters. The normalized spacial score (nSPS) is 10.3. The lowest BCUT2D eigenvalue weighted by molar-refractivity contribution is -0.120. The summed E-state index contributed by atoms with van der Waals surface area (Å²) in [6.45, 7) is 3.66. The van der Waals surface area contributed by atoms with Crippen molar-refractivity contribution in [2.75, 3.05) is 20.1 Å². The minimum absolute atomic E-state index is 0.0801. The molecule has 0 spiro atoms. The van der Waals surface area contributed by atoms with Crippen LogP contribution in [-0.4, -0.2) is 31.0 Å². The van der Waals surface area contributed by atoms with E-state index in [2.05, 4.69) is 15.6 Å². The van der Waals surface area contributed by atoms with Crippen LogP contribution >= 0.6 is 11.3 Å². The van der Waals surface area contributed by atoms with E-state index in [-0.39, 0.29) is 5.91 Å². The van der Waals surface area contributed by atoms with Gasteiger partial charge in [0, 0.05) is 31.4 Å². The van der Waals surface area contributed by atoms with Crippen molar-refractivity contribution in [1.29, 1.82) is 0 Å². The van der Waals surface area contributed by atoms with Crippen LogP contribution in [0, 0.1) is 6.92 Å². The van der Waals surface area contributed by atoms with Gasteiger partial charge in [-0.1, -0.05) is 0 Å². The molecule has 0 radical (unpaired) electrons. The summed E-state index contributed by atoms with van der Waals surface area (Å²) in [5.74, 6) is 0.0801. The van der Waals surface area contributed by atoms with Gasteiger partial charge in [0.25, 0.3) is 0 Å². The summed E-state index contributed by atoms with van der Waals surface area (Å²) < 4.78 is 0. The molecule has 1 aromatic rings. The van der Waals surface area contributed by atoms with Gasteiger partial charge >= 0.3 is 0 Å². The highest BCUT2D eigenvalue weighted by Gasteiger charge is 2.01. The van der Waals surface area contributed by atoms with Gasteiger partial charge in [0.05, 0.1) is 11.2 Å². The van der Waals surface area contributed by atoms with Crippen molar-refractivity contribution in [3.63, 3.8) is 0 Å². The van der Waals surface area contributed by atoms with Crippen LogP contribution in [0.2, 0.25) is 0 Å². The molecular weight excluding hydrogens is 210 g/mol. The molecule has 1 rings (SSSR count). The van der Waals surface area contributed by atoms with Crippen LogP contribution in [-0.2, 0) is 11.2 Å². The first-order valence-electron chi connectivity index (χ1n) is 5.04. The van der Waals surface area contributed by atoms with Gasteiger partial charge in [-0.2, -0.15) is 0 Å². The maximum absolute atomic E-state index is 10.9. The number of hydrogen-bond donors (Lipinski definition) is 2. The third-order valence-electron chi connectivity index (χ3n) is 2.18. The Labute approximate surface area is 94.1 Å². The van der Waals surface area contributed by atoms with Crippen LogP contribution in [0.4, 0.5) is 0 Å². The number of aryl methyl sites for hydroxylation is 1. The fraction of sp³-hybridized carbons (Fsp3) is 0.600. The second kappa shape index (κ2) is 6.53. The van der Waals surface area contributed by atoms with E-state index in [4.69, 9.17) is 0 Å². The molecule has 0 bridgehead atoms. The van der Waals surface area contributed by atoms with Gasteiger partial charge in [0.1, 0.15) is 0 Å². The summed E-state index contributed by atoms with van der Waals surface area (Å²) in [6.07, 6.45) is 1.53. The zero-order valence-corrected chi connectivity index (χ0v) is 9.99. The van der Waals surface area contributed by atoms with Crippen molar-refractivity contribution in [2.45, 2.75) is 19.8 Å². The number of nitrogens with one attached hydrogen (secondary N) is 2. The molecule has 0 saturated carbocycles.